The molecule has 0 heterocycles. The van der Waals surface area contributed by atoms with Crippen molar-refractivity contribution >= 4 is 21.6 Å². The van der Waals surface area contributed by atoms with Crippen molar-refractivity contribution in [3.63, 3.8) is 0 Å². The summed E-state index contributed by atoms with van der Waals surface area (Å²) < 4.78 is 28.3. The zero-order valence-electron chi connectivity index (χ0n) is 17.6. The molecule has 1 atom stereocenters. The van der Waals surface area contributed by atoms with Gasteiger partial charge in [-0.2, -0.15) is 0 Å². The molecule has 5 nitrogen and oxygen atoms in total. The zero-order valence-corrected chi connectivity index (χ0v) is 18.4. The SMILES string of the molecule is CCC(C)NC(=O)C1(c2ccc(NS(=O)(=O)c3cc(C)ccc3C)cc2)CCC1. The number of anilines is 1. The van der Waals surface area contributed by atoms with E-state index in [9.17, 15) is 13.2 Å². The Balaban J connectivity index is 1.81. The van der Waals surface area contributed by atoms with Crippen LogP contribution in [0.15, 0.2) is 47.4 Å². The molecule has 2 N–H and O–H groups in total. The average molecular weight is 415 g/mol. The van der Waals surface area contributed by atoms with Gasteiger partial charge >= 0.3 is 0 Å². The molecule has 2 aromatic rings. The third kappa shape index (κ3) is 4.32. The predicted octanol–water partition coefficient (Wildman–Crippen LogP) is 4.44. The van der Waals surface area contributed by atoms with Crippen LogP contribution in [0.25, 0.3) is 0 Å². The lowest BCUT2D eigenvalue weighted by molar-refractivity contribution is -0.130. The highest BCUT2D eigenvalue weighted by Crippen LogP contribution is 2.44. The van der Waals surface area contributed by atoms with E-state index in [4.69, 9.17) is 0 Å². The van der Waals surface area contributed by atoms with E-state index in [1.807, 2.05) is 38.1 Å². The van der Waals surface area contributed by atoms with E-state index in [-0.39, 0.29) is 16.8 Å². The summed E-state index contributed by atoms with van der Waals surface area (Å²) in [6.07, 6.45) is 3.56. The van der Waals surface area contributed by atoms with Crippen molar-refractivity contribution in [3.05, 3.63) is 59.2 Å². The molecular weight excluding hydrogens is 384 g/mol. The van der Waals surface area contributed by atoms with Crippen LogP contribution < -0.4 is 10.0 Å². The maximum absolute atomic E-state index is 12.9. The van der Waals surface area contributed by atoms with Gasteiger partial charge in [0.2, 0.25) is 5.91 Å². The van der Waals surface area contributed by atoms with Crippen LogP contribution in [0.3, 0.4) is 0 Å². The third-order valence-corrected chi connectivity index (χ3v) is 7.48. The second kappa shape index (κ2) is 8.19. The average Bonchev–Trinajstić information content (AvgIpc) is 2.63. The van der Waals surface area contributed by atoms with Crippen molar-refractivity contribution in [2.24, 2.45) is 0 Å². The van der Waals surface area contributed by atoms with Crippen LogP contribution in [0.5, 0.6) is 0 Å². The van der Waals surface area contributed by atoms with Gasteiger partial charge in [-0.05, 0) is 74.9 Å². The first-order valence-electron chi connectivity index (χ1n) is 10.2. The number of aryl methyl sites for hydroxylation is 2. The summed E-state index contributed by atoms with van der Waals surface area (Å²) in [6.45, 7) is 7.72. The Morgan fingerprint density at radius 1 is 1.10 bits per heavy atom. The lowest BCUT2D eigenvalue weighted by Gasteiger charge is -2.41. The molecule has 0 saturated heterocycles. The van der Waals surface area contributed by atoms with Crippen LogP contribution in [-0.4, -0.2) is 20.4 Å². The maximum atomic E-state index is 12.9. The summed E-state index contributed by atoms with van der Waals surface area (Å²) in [4.78, 5) is 13.1. The Bertz CT molecular complexity index is 993. The van der Waals surface area contributed by atoms with E-state index >= 15 is 0 Å². The van der Waals surface area contributed by atoms with Crippen LogP contribution in [0, 0.1) is 13.8 Å². The van der Waals surface area contributed by atoms with E-state index in [0.717, 1.165) is 36.8 Å². The lowest BCUT2D eigenvalue weighted by Crippen LogP contribution is -2.51. The van der Waals surface area contributed by atoms with E-state index in [1.54, 1.807) is 25.1 Å². The van der Waals surface area contributed by atoms with Crippen LogP contribution >= 0.6 is 0 Å². The number of rotatable bonds is 7. The van der Waals surface area contributed by atoms with Gasteiger partial charge in [0.05, 0.1) is 10.3 Å². The van der Waals surface area contributed by atoms with Crippen molar-refractivity contribution in [2.45, 2.75) is 69.7 Å². The lowest BCUT2D eigenvalue weighted by atomic mass is 9.63. The molecule has 29 heavy (non-hydrogen) atoms. The largest absolute Gasteiger partial charge is 0.353 e. The topological polar surface area (TPSA) is 75.3 Å². The molecule has 1 unspecified atom stereocenters. The molecule has 0 radical (unpaired) electrons. The molecule has 0 bridgehead atoms. The van der Waals surface area contributed by atoms with Gasteiger partial charge in [-0.1, -0.05) is 37.6 Å². The van der Waals surface area contributed by atoms with Crippen LogP contribution in [0.1, 0.15) is 56.2 Å². The highest BCUT2D eigenvalue weighted by atomic mass is 32.2. The molecule has 1 amide bonds. The van der Waals surface area contributed by atoms with Crippen molar-refractivity contribution in [2.75, 3.05) is 4.72 Å². The molecule has 0 aliphatic heterocycles. The summed E-state index contributed by atoms with van der Waals surface area (Å²) >= 11 is 0. The predicted molar refractivity (Wildman–Crippen MR) is 117 cm³/mol. The quantitative estimate of drug-likeness (QED) is 0.703. The third-order valence-electron chi connectivity index (χ3n) is 5.95. The first kappa shape index (κ1) is 21.4. The van der Waals surface area contributed by atoms with Crippen molar-refractivity contribution in [3.8, 4) is 0 Å². The minimum Gasteiger partial charge on any atom is -0.353 e. The van der Waals surface area contributed by atoms with Crippen LogP contribution in [-0.2, 0) is 20.2 Å². The van der Waals surface area contributed by atoms with Crippen molar-refractivity contribution < 1.29 is 13.2 Å². The molecule has 6 heteroatoms. The molecule has 3 rings (SSSR count). The highest BCUT2D eigenvalue weighted by molar-refractivity contribution is 7.92. The van der Waals surface area contributed by atoms with Gasteiger partial charge in [-0.25, -0.2) is 8.42 Å². The molecule has 1 aliphatic carbocycles. The fourth-order valence-corrected chi connectivity index (χ4v) is 5.09. The van der Waals surface area contributed by atoms with Gasteiger partial charge in [0.25, 0.3) is 10.0 Å². The first-order valence-corrected chi connectivity index (χ1v) is 11.7. The number of benzene rings is 2. The molecule has 0 spiro atoms. The number of amides is 1. The minimum absolute atomic E-state index is 0.0711. The Hall–Kier alpha value is -2.34. The Morgan fingerprint density at radius 3 is 2.31 bits per heavy atom. The summed E-state index contributed by atoms with van der Waals surface area (Å²) in [5.41, 5.74) is 2.54. The first-order chi connectivity index (χ1) is 13.7. The second-order valence-corrected chi connectivity index (χ2v) is 9.82. The summed E-state index contributed by atoms with van der Waals surface area (Å²) in [5, 5.41) is 3.11. The smallest absolute Gasteiger partial charge is 0.262 e. The normalized spacial score (nSPS) is 16.6. The van der Waals surface area contributed by atoms with Gasteiger partial charge < -0.3 is 5.32 Å². The number of carbonyl (C=O) groups is 1. The van der Waals surface area contributed by atoms with Crippen molar-refractivity contribution in [1.82, 2.24) is 5.32 Å². The Morgan fingerprint density at radius 2 is 1.76 bits per heavy atom. The van der Waals surface area contributed by atoms with Crippen molar-refractivity contribution in [1.29, 1.82) is 0 Å². The van der Waals surface area contributed by atoms with Crippen LogP contribution in [0.2, 0.25) is 0 Å². The number of hydrogen-bond acceptors (Lipinski definition) is 3. The number of sulfonamides is 1. The molecule has 2 aromatic carbocycles. The molecule has 156 valence electrons. The Labute approximate surface area is 174 Å². The van der Waals surface area contributed by atoms with Gasteiger partial charge in [-0.15, -0.1) is 0 Å². The highest BCUT2D eigenvalue weighted by Gasteiger charge is 2.45. The van der Waals surface area contributed by atoms with E-state index in [1.165, 1.54) is 0 Å². The van der Waals surface area contributed by atoms with Gasteiger partial charge in [-0.3, -0.25) is 9.52 Å². The van der Waals surface area contributed by atoms with Gasteiger partial charge in [0.1, 0.15) is 0 Å². The molecule has 1 saturated carbocycles. The minimum atomic E-state index is -3.67. The fourth-order valence-electron chi connectivity index (χ4n) is 3.71. The van der Waals surface area contributed by atoms with Gasteiger partial charge in [0, 0.05) is 11.7 Å². The molecule has 0 aromatic heterocycles. The fraction of sp³-hybridized carbons (Fsp3) is 0.435. The van der Waals surface area contributed by atoms with E-state index < -0.39 is 15.4 Å². The monoisotopic (exact) mass is 414 g/mol. The van der Waals surface area contributed by atoms with Gasteiger partial charge in [0.15, 0.2) is 0 Å². The summed E-state index contributed by atoms with van der Waals surface area (Å²) in [7, 11) is -3.67. The second-order valence-electron chi connectivity index (χ2n) is 8.17. The Kier molecular flexibility index (Phi) is 6.03. The number of hydrogen-bond donors (Lipinski definition) is 2. The standard InChI is InChI=1S/C23H30N2O3S/c1-5-18(4)24-22(26)23(13-6-14-23)19-9-11-20(12-10-19)25-29(27,28)21-15-16(2)7-8-17(21)3/h7-12,15,18,25H,5-6,13-14H2,1-4H3,(H,24,26). The summed E-state index contributed by atoms with van der Waals surface area (Å²) in [5.74, 6) is 0.0711. The molecule has 1 aliphatic rings. The van der Waals surface area contributed by atoms with E-state index in [0.29, 0.717) is 11.3 Å². The zero-order chi connectivity index (χ0) is 21.2. The van der Waals surface area contributed by atoms with E-state index in [2.05, 4.69) is 17.0 Å². The number of nitrogens with one attached hydrogen (secondary N) is 2. The van der Waals surface area contributed by atoms with Crippen LogP contribution in [0.4, 0.5) is 5.69 Å². The molecule has 1 fully saturated rings. The molecular formula is C23H30N2O3S. The number of carbonyl (C=O) groups excluding carboxylic acids is 1. The summed E-state index contributed by atoms with van der Waals surface area (Å²) in [6, 6.07) is 12.8. The maximum Gasteiger partial charge on any atom is 0.262 e.